The van der Waals surface area contributed by atoms with Gasteiger partial charge in [-0.05, 0) is 12.3 Å². The number of ether oxygens (including phenoxy) is 1. The Bertz CT molecular complexity index is 264. The van der Waals surface area contributed by atoms with Gasteiger partial charge in [0.1, 0.15) is 5.78 Å². The molecule has 72 valence electrons. The fraction of sp³-hybridized carbons (Fsp3) is 0.778. The number of methoxy groups -OCH3 is 1. The van der Waals surface area contributed by atoms with E-state index in [9.17, 15) is 9.59 Å². The van der Waals surface area contributed by atoms with Crippen LogP contribution in [0.5, 0.6) is 0 Å². The minimum atomic E-state index is -0.220. The first-order chi connectivity index (χ1) is 6.15. The summed E-state index contributed by atoms with van der Waals surface area (Å²) >= 11 is 3.50. The molecule has 0 saturated heterocycles. The summed E-state index contributed by atoms with van der Waals surface area (Å²) in [4.78, 5) is 23.1. The number of Topliss-reactive ketones (excluding diaryl/α,β-unsaturated/α-hetero) is 1. The molecule has 2 saturated carbocycles. The zero-order valence-electron chi connectivity index (χ0n) is 7.33. The largest absolute Gasteiger partial charge is 0.469 e. The highest BCUT2D eigenvalue weighted by Gasteiger charge is 2.55. The van der Waals surface area contributed by atoms with Crippen LogP contribution in [-0.2, 0) is 14.3 Å². The Kier molecular flexibility index (Phi) is 2.18. The van der Waals surface area contributed by atoms with Gasteiger partial charge in [0, 0.05) is 17.2 Å². The van der Waals surface area contributed by atoms with E-state index in [-0.39, 0.29) is 29.5 Å². The number of hydrogen-bond acceptors (Lipinski definition) is 3. The number of alkyl halides is 1. The fourth-order valence-corrected chi connectivity index (χ4v) is 3.45. The molecule has 2 fully saturated rings. The molecule has 0 aromatic heterocycles. The van der Waals surface area contributed by atoms with E-state index in [2.05, 4.69) is 15.9 Å². The van der Waals surface area contributed by atoms with Gasteiger partial charge in [-0.3, -0.25) is 9.59 Å². The Balaban J connectivity index is 2.22. The maximum Gasteiger partial charge on any atom is 0.309 e. The number of esters is 1. The maximum absolute atomic E-state index is 11.4. The lowest BCUT2D eigenvalue weighted by atomic mass is 9.98. The van der Waals surface area contributed by atoms with Crippen LogP contribution in [0.3, 0.4) is 0 Å². The van der Waals surface area contributed by atoms with E-state index in [1.54, 1.807) is 0 Å². The van der Waals surface area contributed by atoms with Crippen LogP contribution in [0.1, 0.15) is 12.8 Å². The molecule has 2 aliphatic carbocycles. The molecule has 13 heavy (non-hydrogen) atoms. The Morgan fingerprint density at radius 2 is 2.31 bits per heavy atom. The van der Waals surface area contributed by atoms with Gasteiger partial charge in [-0.1, -0.05) is 15.9 Å². The van der Waals surface area contributed by atoms with Crippen LogP contribution in [0, 0.1) is 17.8 Å². The van der Waals surface area contributed by atoms with Crippen molar-refractivity contribution in [1.29, 1.82) is 0 Å². The van der Waals surface area contributed by atoms with Crippen molar-refractivity contribution in [2.24, 2.45) is 17.8 Å². The van der Waals surface area contributed by atoms with Crippen molar-refractivity contribution in [3.05, 3.63) is 0 Å². The fourth-order valence-electron chi connectivity index (χ4n) is 2.53. The van der Waals surface area contributed by atoms with E-state index >= 15 is 0 Å². The van der Waals surface area contributed by atoms with Crippen LogP contribution in [0.2, 0.25) is 0 Å². The minimum absolute atomic E-state index is 0.0816. The highest BCUT2D eigenvalue weighted by atomic mass is 79.9. The lowest BCUT2D eigenvalue weighted by Gasteiger charge is -2.13. The molecule has 3 nitrogen and oxygen atoms in total. The van der Waals surface area contributed by atoms with Crippen LogP contribution in [0.25, 0.3) is 0 Å². The van der Waals surface area contributed by atoms with Crippen LogP contribution >= 0.6 is 15.9 Å². The third-order valence-electron chi connectivity index (χ3n) is 3.16. The van der Waals surface area contributed by atoms with Gasteiger partial charge >= 0.3 is 5.97 Å². The first kappa shape index (κ1) is 9.19. The second-order valence-corrected chi connectivity index (χ2v) is 4.92. The Morgan fingerprint density at radius 1 is 1.62 bits per heavy atom. The summed E-state index contributed by atoms with van der Waals surface area (Å²) in [6.45, 7) is 0. The SMILES string of the molecule is COC(=O)[C@@H]1[C@H]2CC(=O)[C@@H]1C[C@H]2Br. The molecule has 0 N–H and O–H groups in total. The van der Waals surface area contributed by atoms with E-state index in [4.69, 9.17) is 4.74 Å². The first-order valence-corrected chi connectivity index (χ1v) is 5.31. The molecule has 2 aliphatic rings. The number of fused-ring (bicyclic) bond motifs is 2. The van der Waals surface area contributed by atoms with Gasteiger partial charge in [-0.2, -0.15) is 0 Å². The third kappa shape index (κ3) is 1.23. The second kappa shape index (κ2) is 3.08. The summed E-state index contributed by atoms with van der Waals surface area (Å²) in [6.07, 6.45) is 1.34. The van der Waals surface area contributed by atoms with Gasteiger partial charge < -0.3 is 4.74 Å². The quantitative estimate of drug-likeness (QED) is 0.515. The number of rotatable bonds is 1. The number of hydrogen-bond donors (Lipinski definition) is 0. The van der Waals surface area contributed by atoms with Crippen molar-refractivity contribution in [2.75, 3.05) is 7.11 Å². The summed E-state index contributed by atoms with van der Waals surface area (Å²) in [5.41, 5.74) is 0. The summed E-state index contributed by atoms with van der Waals surface area (Å²) in [6, 6.07) is 0. The molecular weight excluding hydrogens is 236 g/mol. The first-order valence-electron chi connectivity index (χ1n) is 4.39. The summed E-state index contributed by atoms with van der Waals surface area (Å²) in [5, 5.41) is 0. The van der Waals surface area contributed by atoms with E-state index < -0.39 is 0 Å². The van der Waals surface area contributed by atoms with E-state index in [1.807, 2.05) is 0 Å². The highest BCUT2D eigenvalue weighted by molar-refractivity contribution is 9.09. The van der Waals surface area contributed by atoms with Crippen LogP contribution < -0.4 is 0 Å². The van der Waals surface area contributed by atoms with Crippen LogP contribution in [0.15, 0.2) is 0 Å². The number of halogens is 1. The van der Waals surface area contributed by atoms with Gasteiger partial charge in [-0.25, -0.2) is 0 Å². The number of carbonyl (C=O) groups is 2. The summed E-state index contributed by atoms with van der Waals surface area (Å²) in [5.74, 6) is -0.0763. The Hall–Kier alpha value is -0.380. The van der Waals surface area contributed by atoms with Crippen molar-refractivity contribution in [3.8, 4) is 0 Å². The Morgan fingerprint density at radius 3 is 2.77 bits per heavy atom. The molecule has 0 amide bonds. The molecule has 4 atom stereocenters. The van der Waals surface area contributed by atoms with Crippen LogP contribution in [-0.4, -0.2) is 23.7 Å². The molecular formula is C9H11BrO3. The van der Waals surface area contributed by atoms with Crippen molar-refractivity contribution in [3.63, 3.8) is 0 Å². The smallest absolute Gasteiger partial charge is 0.309 e. The van der Waals surface area contributed by atoms with Gasteiger partial charge in [-0.15, -0.1) is 0 Å². The van der Waals surface area contributed by atoms with Crippen molar-refractivity contribution >= 4 is 27.7 Å². The molecule has 0 heterocycles. The Labute approximate surface area is 85.0 Å². The maximum atomic E-state index is 11.4. The molecule has 0 radical (unpaired) electrons. The minimum Gasteiger partial charge on any atom is -0.469 e. The van der Waals surface area contributed by atoms with E-state index in [1.165, 1.54) is 7.11 Å². The molecule has 2 rings (SSSR count). The monoisotopic (exact) mass is 246 g/mol. The molecule has 4 heteroatoms. The van der Waals surface area contributed by atoms with E-state index in [0.717, 1.165) is 6.42 Å². The molecule has 0 aromatic carbocycles. The van der Waals surface area contributed by atoms with E-state index in [0.29, 0.717) is 11.2 Å². The predicted molar refractivity (Wildman–Crippen MR) is 49.4 cm³/mol. The van der Waals surface area contributed by atoms with Gasteiger partial charge in [0.25, 0.3) is 0 Å². The topological polar surface area (TPSA) is 43.4 Å². The number of ketones is 1. The highest BCUT2D eigenvalue weighted by Crippen LogP contribution is 2.50. The molecule has 0 aliphatic heterocycles. The number of carbonyl (C=O) groups excluding carboxylic acids is 2. The molecule has 0 aromatic rings. The van der Waals surface area contributed by atoms with Gasteiger partial charge in [0.2, 0.25) is 0 Å². The second-order valence-electron chi connectivity index (χ2n) is 3.74. The van der Waals surface area contributed by atoms with Gasteiger partial charge in [0.15, 0.2) is 0 Å². The molecule has 2 bridgehead atoms. The van der Waals surface area contributed by atoms with Crippen molar-refractivity contribution in [2.45, 2.75) is 17.7 Å². The molecule has 0 unspecified atom stereocenters. The van der Waals surface area contributed by atoms with Crippen molar-refractivity contribution in [1.82, 2.24) is 0 Å². The zero-order valence-corrected chi connectivity index (χ0v) is 8.91. The summed E-state index contributed by atoms with van der Waals surface area (Å²) < 4.78 is 4.70. The normalized spacial score (nSPS) is 42.5. The third-order valence-corrected chi connectivity index (χ3v) is 4.22. The van der Waals surface area contributed by atoms with Crippen LogP contribution in [0.4, 0.5) is 0 Å². The lowest BCUT2D eigenvalue weighted by molar-refractivity contribution is -0.147. The average Bonchev–Trinajstić information content (AvgIpc) is 2.57. The molecule has 0 spiro atoms. The summed E-state index contributed by atoms with van der Waals surface area (Å²) in [7, 11) is 1.38. The lowest BCUT2D eigenvalue weighted by Crippen LogP contribution is -2.22. The van der Waals surface area contributed by atoms with Crippen molar-refractivity contribution < 1.29 is 14.3 Å². The predicted octanol–water partition coefficient (Wildman–Crippen LogP) is 1.15. The standard InChI is InChI=1S/C9H11BrO3/c1-13-9(12)8-4-3-7(11)5(8)2-6(4)10/h4-6,8H,2-3H2,1H3/t4-,5-,6+,8+/m0/s1. The zero-order chi connectivity index (χ0) is 9.59. The average molecular weight is 247 g/mol. The van der Waals surface area contributed by atoms with Gasteiger partial charge in [0.05, 0.1) is 13.0 Å².